The molecule has 0 saturated heterocycles. The maximum absolute atomic E-state index is 12.0. The number of rotatable bonds is 1. The van der Waals surface area contributed by atoms with Gasteiger partial charge >= 0.3 is 5.69 Å². The van der Waals surface area contributed by atoms with Gasteiger partial charge in [0.05, 0.1) is 17.1 Å². The number of hydrogen-bond acceptors (Lipinski definition) is 2. The molecule has 5 heteroatoms. The van der Waals surface area contributed by atoms with Gasteiger partial charge in [-0.25, -0.2) is 4.79 Å². The van der Waals surface area contributed by atoms with Crippen molar-refractivity contribution in [3.05, 3.63) is 33.7 Å². The molecule has 1 fully saturated rings. The van der Waals surface area contributed by atoms with E-state index in [2.05, 4.69) is 4.98 Å². The molecule has 1 aliphatic carbocycles. The van der Waals surface area contributed by atoms with Gasteiger partial charge in [-0.1, -0.05) is 11.6 Å². The highest BCUT2D eigenvalue weighted by Gasteiger charge is 2.23. The fourth-order valence-electron chi connectivity index (χ4n) is 2.78. The summed E-state index contributed by atoms with van der Waals surface area (Å²) in [5.41, 5.74) is 1.58. The van der Waals surface area contributed by atoms with Crippen LogP contribution < -0.4 is 5.69 Å². The van der Waals surface area contributed by atoms with Gasteiger partial charge < -0.3 is 10.1 Å². The number of aromatic nitrogens is 2. The molecule has 2 aromatic rings. The molecule has 0 radical (unpaired) electrons. The third-order valence-corrected chi connectivity index (χ3v) is 3.95. The second-order valence-corrected chi connectivity index (χ2v) is 5.36. The van der Waals surface area contributed by atoms with Gasteiger partial charge in [0.25, 0.3) is 0 Å². The Morgan fingerprint density at radius 1 is 1.28 bits per heavy atom. The summed E-state index contributed by atoms with van der Waals surface area (Å²) in [6.45, 7) is 0. The Labute approximate surface area is 109 Å². The highest BCUT2D eigenvalue weighted by atomic mass is 35.5. The number of halogens is 1. The van der Waals surface area contributed by atoms with Crippen LogP contribution in [0.3, 0.4) is 0 Å². The second-order valence-electron chi connectivity index (χ2n) is 4.92. The minimum atomic E-state index is -0.211. The van der Waals surface area contributed by atoms with Crippen molar-refractivity contribution in [2.75, 3.05) is 0 Å². The van der Waals surface area contributed by atoms with Crippen LogP contribution in [0.2, 0.25) is 5.02 Å². The van der Waals surface area contributed by atoms with Gasteiger partial charge in [-0.05, 0) is 43.9 Å². The van der Waals surface area contributed by atoms with E-state index >= 15 is 0 Å². The fourth-order valence-corrected chi connectivity index (χ4v) is 2.95. The van der Waals surface area contributed by atoms with Crippen molar-refractivity contribution in [3.63, 3.8) is 0 Å². The maximum Gasteiger partial charge on any atom is 0.326 e. The van der Waals surface area contributed by atoms with Crippen LogP contribution >= 0.6 is 11.6 Å². The van der Waals surface area contributed by atoms with Crippen molar-refractivity contribution in [1.82, 2.24) is 9.55 Å². The van der Waals surface area contributed by atoms with Gasteiger partial charge in [-0.3, -0.25) is 4.57 Å². The largest absolute Gasteiger partial charge is 0.393 e. The van der Waals surface area contributed by atoms with E-state index in [9.17, 15) is 9.90 Å². The Morgan fingerprint density at radius 2 is 2.00 bits per heavy atom. The zero-order valence-electron chi connectivity index (χ0n) is 9.90. The number of aliphatic hydroxyl groups is 1. The molecule has 0 aliphatic heterocycles. The second kappa shape index (κ2) is 4.44. The van der Waals surface area contributed by atoms with Crippen LogP contribution in [0.25, 0.3) is 11.0 Å². The van der Waals surface area contributed by atoms with Crippen LogP contribution in [0.5, 0.6) is 0 Å². The third-order valence-electron chi connectivity index (χ3n) is 3.71. The number of imidazole rings is 1. The Balaban J connectivity index is 2.06. The number of hydrogen-bond donors (Lipinski definition) is 2. The fraction of sp³-hybridized carbons (Fsp3) is 0.462. The molecule has 1 aromatic heterocycles. The normalized spacial score (nSPS) is 24.6. The zero-order chi connectivity index (χ0) is 12.7. The predicted molar refractivity (Wildman–Crippen MR) is 71.1 cm³/mol. The minimum absolute atomic E-state index is 0.0892. The molecule has 0 spiro atoms. The first-order valence-electron chi connectivity index (χ1n) is 6.23. The first-order chi connectivity index (χ1) is 8.65. The zero-order valence-corrected chi connectivity index (χ0v) is 10.7. The molecule has 1 saturated carbocycles. The molecule has 1 aromatic carbocycles. The summed E-state index contributed by atoms with van der Waals surface area (Å²) in [6, 6.07) is 5.62. The molecular formula is C13H15ClN2O2. The predicted octanol–water partition coefficient (Wildman–Crippen LogP) is 2.46. The highest BCUT2D eigenvalue weighted by molar-refractivity contribution is 6.31. The number of H-pyrrole nitrogens is 1. The molecule has 0 atom stereocenters. The summed E-state index contributed by atoms with van der Waals surface area (Å²) in [5.74, 6) is 0. The third kappa shape index (κ3) is 1.95. The van der Waals surface area contributed by atoms with E-state index in [0.717, 1.165) is 36.7 Å². The summed E-state index contributed by atoms with van der Waals surface area (Å²) in [5, 5.41) is 10.2. The molecular weight excluding hydrogens is 252 g/mol. The summed E-state index contributed by atoms with van der Waals surface area (Å²) in [6.07, 6.45) is 3.00. The number of benzene rings is 1. The molecule has 0 amide bonds. The maximum atomic E-state index is 12.0. The smallest absolute Gasteiger partial charge is 0.326 e. The van der Waals surface area contributed by atoms with Crippen molar-refractivity contribution < 1.29 is 5.11 Å². The van der Waals surface area contributed by atoms with Crippen LogP contribution in [-0.4, -0.2) is 20.8 Å². The van der Waals surface area contributed by atoms with Crippen molar-refractivity contribution in [3.8, 4) is 0 Å². The van der Waals surface area contributed by atoms with Crippen molar-refractivity contribution in [2.45, 2.75) is 37.8 Å². The summed E-state index contributed by atoms with van der Waals surface area (Å²) in [7, 11) is 0. The Hall–Kier alpha value is -1.26. The van der Waals surface area contributed by atoms with Gasteiger partial charge in [-0.15, -0.1) is 0 Å². The van der Waals surface area contributed by atoms with Gasteiger partial charge in [-0.2, -0.15) is 0 Å². The molecule has 0 bridgehead atoms. The Bertz CT molecular complexity index is 623. The Kier molecular flexibility index (Phi) is 2.92. The van der Waals surface area contributed by atoms with E-state index in [1.165, 1.54) is 0 Å². The van der Waals surface area contributed by atoms with Gasteiger partial charge in [0.15, 0.2) is 0 Å². The monoisotopic (exact) mass is 266 g/mol. The van der Waals surface area contributed by atoms with Crippen LogP contribution in [0.1, 0.15) is 31.7 Å². The molecule has 1 aliphatic rings. The summed E-state index contributed by atoms with van der Waals surface area (Å²) < 4.78 is 1.80. The molecule has 96 valence electrons. The minimum Gasteiger partial charge on any atom is -0.393 e. The average molecular weight is 267 g/mol. The number of nitrogens with one attached hydrogen (secondary N) is 1. The van der Waals surface area contributed by atoms with Gasteiger partial charge in [0.1, 0.15) is 0 Å². The lowest BCUT2D eigenvalue weighted by molar-refractivity contribution is 0.111. The topological polar surface area (TPSA) is 58.0 Å². The first-order valence-corrected chi connectivity index (χ1v) is 6.61. The molecule has 18 heavy (non-hydrogen) atoms. The van der Waals surface area contributed by atoms with Crippen molar-refractivity contribution in [2.24, 2.45) is 0 Å². The number of nitrogens with zero attached hydrogens (tertiary/aromatic N) is 1. The van der Waals surface area contributed by atoms with Crippen LogP contribution in [-0.2, 0) is 0 Å². The van der Waals surface area contributed by atoms with E-state index in [1.54, 1.807) is 16.7 Å². The van der Waals surface area contributed by atoms with Crippen LogP contribution in [0.4, 0.5) is 0 Å². The van der Waals surface area contributed by atoms with E-state index in [-0.39, 0.29) is 17.8 Å². The lowest BCUT2D eigenvalue weighted by atomic mass is 9.93. The molecule has 4 nitrogen and oxygen atoms in total. The Morgan fingerprint density at radius 3 is 2.72 bits per heavy atom. The van der Waals surface area contributed by atoms with Gasteiger partial charge in [0.2, 0.25) is 0 Å². The lowest BCUT2D eigenvalue weighted by Gasteiger charge is -2.26. The van der Waals surface area contributed by atoms with Crippen LogP contribution in [0, 0.1) is 0 Å². The van der Waals surface area contributed by atoms with Crippen molar-refractivity contribution in [1.29, 1.82) is 0 Å². The SMILES string of the molecule is O=c1[nH]c2cc(Cl)ccc2n1C1CCC(O)CC1. The molecule has 0 unspecified atom stereocenters. The van der Waals surface area contributed by atoms with Crippen LogP contribution in [0.15, 0.2) is 23.0 Å². The van der Waals surface area contributed by atoms with E-state index in [1.807, 2.05) is 6.07 Å². The standard InChI is InChI=1S/C13H15ClN2O2/c14-8-1-6-12-11(7-8)15-13(18)16(12)9-2-4-10(17)5-3-9/h1,6-7,9-10,17H,2-5H2,(H,15,18). The molecule has 3 rings (SSSR count). The summed E-state index contributed by atoms with van der Waals surface area (Å²) in [4.78, 5) is 14.9. The molecule has 1 heterocycles. The van der Waals surface area contributed by atoms with Crippen molar-refractivity contribution >= 4 is 22.6 Å². The van der Waals surface area contributed by atoms with E-state index in [0.29, 0.717) is 5.02 Å². The average Bonchev–Trinajstić information content (AvgIpc) is 2.65. The van der Waals surface area contributed by atoms with Gasteiger partial charge in [0, 0.05) is 11.1 Å². The van der Waals surface area contributed by atoms with E-state index < -0.39 is 0 Å². The number of aromatic amines is 1. The summed E-state index contributed by atoms with van der Waals surface area (Å²) >= 11 is 5.92. The lowest BCUT2D eigenvalue weighted by Crippen LogP contribution is -2.27. The number of aliphatic hydroxyl groups excluding tert-OH is 1. The first kappa shape index (κ1) is 11.8. The molecule has 2 N–H and O–H groups in total. The number of fused-ring (bicyclic) bond motifs is 1. The quantitative estimate of drug-likeness (QED) is 0.833. The highest BCUT2D eigenvalue weighted by Crippen LogP contribution is 2.30. The van der Waals surface area contributed by atoms with E-state index in [4.69, 9.17) is 11.6 Å².